The van der Waals surface area contributed by atoms with Crippen molar-refractivity contribution in [3.8, 4) is 11.5 Å². The first-order valence-electron chi connectivity index (χ1n) is 10.2. The highest BCUT2D eigenvalue weighted by atomic mass is 35.5. The van der Waals surface area contributed by atoms with Crippen molar-refractivity contribution < 1.29 is 19.0 Å². The van der Waals surface area contributed by atoms with Crippen LogP contribution < -0.4 is 9.47 Å². The second kappa shape index (κ2) is 8.38. The zero-order valence-corrected chi connectivity index (χ0v) is 18.6. The summed E-state index contributed by atoms with van der Waals surface area (Å²) in [5, 5.41) is 12.0. The number of hydrogen-bond donors (Lipinski definition) is 2. The number of hydrogen-bond acceptors (Lipinski definition) is 5. The molecule has 0 saturated heterocycles. The summed E-state index contributed by atoms with van der Waals surface area (Å²) in [6.07, 6.45) is 1.82. The predicted octanol–water partition coefficient (Wildman–Crippen LogP) is 4.91. The molecule has 3 heterocycles. The number of H-pyrrole nitrogens is 1. The number of aromatic amines is 1. The number of methoxy groups -OCH3 is 1. The number of benzene rings is 2. The Labute approximate surface area is 193 Å². The standard InChI is InChI=1S/C24H20ClFN4O3/c1-30-19-6-4-3-5-18(19)29-22(30)12-33-21-9-17(26)15(8-20(21)32-2)23(31)16-11-28-24-14(16)7-13(25)10-27-24/h3-11,23,31H,12H2,1-2H3,(H,27,28). The van der Waals surface area contributed by atoms with Crippen molar-refractivity contribution in [1.82, 2.24) is 19.5 Å². The summed E-state index contributed by atoms with van der Waals surface area (Å²) >= 11 is 6.04. The van der Waals surface area contributed by atoms with E-state index in [9.17, 15) is 5.11 Å². The predicted molar refractivity (Wildman–Crippen MR) is 123 cm³/mol. The number of fused-ring (bicyclic) bond motifs is 2. The summed E-state index contributed by atoms with van der Waals surface area (Å²) in [7, 11) is 3.36. The number of ether oxygens (including phenoxy) is 2. The molecule has 0 aliphatic heterocycles. The number of pyridine rings is 1. The molecule has 0 saturated carbocycles. The van der Waals surface area contributed by atoms with E-state index >= 15 is 4.39 Å². The lowest BCUT2D eigenvalue weighted by Gasteiger charge is -2.16. The first-order chi connectivity index (χ1) is 16.0. The molecule has 9 heteroatoms. The van der Waals surface area contributed by atoms with E-state index in [-0.39, 0.29) is 17.9 Å². The van der Waals surface area contributed by atoms with E-state index in [0.29, 0.717) is 33.2 Å². The van der Waals surface area contributed by atoms with Crippen LogP contribution in [-0.2, 0) is 13.7 Å². The second-order valence-electron chi connectivity index (χ2n) is 7.59. The normalized spacial score (nSPS) is 12.4. The van der Waals surface area contributed by atoms with Crippen LogP contribution in [0.25, 0.3) is 22.1 Å². The minimum atomic E-state index is -1.26. The highest BCUT2D eigenvalue weighted by Gasteiger charge is 2.22. The van der Waals surface area contributed by atoms with Crippen molar-refractivity contribution >= 4 is 33.7 Å². The summed E-state index contributed by atoms with van der Waals surface area (Å²) < 4.78 is 28.3. The lowest BCUT2D eigenvalue weighted by Crippen LogP contribution is -2.07. The van der Waals surface area contributed by atoms with E-state index in [1.165, 1.54) is 25.4 Å². The minimum absolute atomic E-state index is 0.0443. The monoisotopic (exact) mass is 466 g/mol. The topological polar surface area (TPSA) is 85.2 Å². The molecule has 5 rings (SSSR count). The Hall–Kier alpha value is -3.62. The third-order valence-electron chi connectivity index (χ3n) is 5.64. The molecule has 1 unspecified atom stereocenters. The highest BCUT2D eigenvalue weighted by Crippen LogP contribution is 2.37. The molecule has 0 aliphatic carbocycles. The summed E-state index contributed by atoms with van der Waals surface area (Å²) in [5.41, 5.74) is 2.87. The molecule has 168 valence electrons. The van der Waals surface area contributed by atoms with E-state index in [4.69, 9.17) is 21.1 Å². The molecule has 2 N–H and O–H groups in total. The number of imidazole rings is 1. The molecule has 7 nitrogen and oxygen atoms in total. The molecule has 2 aromatic carbocycles. The van der Waals surface area contributed by atoms with E-state index in [1.54, 1.807) is 12.3 Å². The Kier molecular flexibility index (Phi) is 5.39. The average molecular weight is 467 g/mol. The zero-order valence-electron chi connectivity index (χ0n) is 17.8. The van der Waals surface area contributed by atoms with Gasteiger partial charge in [0.1, 0.15) is 30.0 Å². The Morgan fingerprint density at radius 2 is 2.00 bits per heavy atom. The Balaban J connectivity index is 1.45. The fraction of sp³-hybridized carbons (Fsp3) is 0.167. The fourth-order valence-corrected chi connectivity index (χ4v) is 4.05. The van der Waals surface area contributed by atoms with Gasteiger partial charge in [-0.1, -0.05) is 23.7 Å². The van der Waals surface area contributed by atoms with Crippen LogP contribution in [0.2, 0.25) is 5.02 Å². The average Bonchev–Trinajstić information content (AvgIpc) is 3.38. The molecule has 1 atom stereocenters. The zero-order chi connectivity index (χ0) is 23.1. The quantitative estimate of drug-likeness (QED) is 0.371. The number of aryl methyl sites for hydroxylation is 1. The lowest BCUT2D eigenvalue weighted by atomic mass is 10.0. The van der Waals surface area contributed by atoms with Crippen molar-refractivity contribution in [2.24, 2.45) is 7.05 Å². The van der Waals surface area contributed by atoms with Crippen LogP contribution in [0.3, 0.4) is 0 Å². The van der Waals surface area contributed by atoms with Gasteiger partial charge in [-0.2, -0.15) is 0 Å². The first-order valence-corrected chi connectivity index (χ1v) is 10.5. The van der Waals surface area contributed by atoms with Crippen LogP contribution in [0.5, 0.6) is 11.5 Å². The number of nitrogens with one attached hydrogen (secondary N) is 1. The van der Waals surface area contributed by atoms with Crippen molar-refractivity contribution in [3.63, 3.8) is 0 Å². The van der Waals surface area contributed by atoms with Gasteiger partial charge in [-0.25, -0.2) is 14.4 Å². The molecular formula is C24H20ClFN4O3. The van der Waals surface area contributed by atoms with Gasteiger partial charge in [0.05, 0.1) is 23.2 Å². The highest BCUT2D eigenvalue weighted by molar-refractivity contribution is 6.31. The van der Waals surface area contributed by atoms with E-state index in [1.807, 2.05) is 35.9 Å². The number of aliphatic hydroxyl groups is 1. The number of rotatable bonds is 6. The SMILES string of the molecule is COc1cc(C(O)c2c[nH]c3ncc(Cl)cc23)c(F)cc1OCc1nc2ccccc2n1C. The molecular weight excluding hydrogens is 447 g/mol. The molecule has 0 radical (unpaired) electrons. The molecule has 0 fully saturated rings. The number of halogens is 2. The van der Waals surface area contributed by atoms with Gasteiger partial charge in [-0.05, 0) is 24.3 Å². The number of aliphatic hydroxyl groups excluding tert-OH is 1. The fourth-order valence-electron chi connectivity index (χ4n) is 3.89. The maximum Gasteiger partial charge on any atom is 0.164 e. The maximum absolute atomic E-state index is 15.1. The summed E-state index contributed by atoms with van der Waals surface area (Å²) in [5.74, 6) is 0.556. The van der Waals surface area contributed by atoms with Crippen LogP contribution in [-0.4, -0.2) is 31.7 Å². The maximum atomic E-state index is 15.1. The van der Waals surface area contributed by atoms with Crippen LogP contribution in [0.4, 0.5) is 4.39 Å². The first kappa shape index (κ1) is 21.2. The van der Waals surface area contributed by atoms with Crippen molar-refractivity contribution in [2.75, 3.05) is 7.11 Å². The van der Waals surface area contributed by atoms with Crippen molar-refractivity contribution in [3.05, 3.63) is 82.6 Å². The van der Waals surface area contributed by atoms with Gasteiger partial charge < -0.3 is 24.1 Å². The van der Waals surface area contributed by atoms with Crippen LogP contribution >= 0.6 is 11.6 Å². The van der Waals surface area contributed by atoms with Gasteiger partial charge >= 0.3 is 0 Å². The van der Waals surface area contributed by atoms with E-state index in [0.717, 1.165) is 11.0 Å². The molecule has 0 amide bonds. The number of nitrogens with zero attached hydrogens (tertiary/aromatic N) is 3. The van der Waals surface area contributed by atoms with Gasteiger partial charge in [0.15, 0.2) is 11.5 Å². The van der Waals surface area contributed by atoms with Gasteiger partial charge in [-0.15, -0.1) is 0 Å². The summed E-state index contributed by atoms with van der Waals surface area (Å²) in [6, 6.07) is 12.1. The Bertz CT molecular complexity index is 1480. The van der Waals surface area contributed by atoms with Gasteiger partial charge in [0.2, 0.25) is 0 Å². The number of aromatic nitrogens is 4. The van der Waals surface area contributed by atoms with Crippen molar-refractivity contribution in [1.29, 1.82) is 0 Å². The molecule has 33 heavy (non-hydrogen) atoms. The van der Waals surface area contributed by atoms with E-state index < -0.39 is 11.9 Å². The van der Waals surface area contributed by atoms with Crippen LogP contribution in [0.15, 0.2) is 54.9 Å². The largest absolute Gasteiger partial charge is 0.493 e. The molecule has 0 spiro atoms. The lowest BCUT2D eigenvalue weighted by molar-refractivity contribution is 0.214. The molecule has 3 aromatic heterocycles. The summed E-state index contributed by atoms with van der Waals surface area (Å²) in [6.45, 7) is 0.121. The van der Waals surface area contributed by atoms with Crippen LogP contribution in [0, 0.1) is 5.82 Å². The Morgan fingerprint density at radius 3 is 2.79 bits per heavy atom. The second-order valence-corrected chi connectivity index (χ2v) is 8.02. The smallest absolute Gasteiger partial charge is 0.164 e. The van der Waals surface area contributed by atoms with Crippen molar-refractivity contribution in [2.45, 2.75) is 12.7 Å². The molecule has 5 aromatic rings. The Morgan fingerprint density at radius 1 is 1.18 bits per heavy atom. The van der Waals surface area contributed by atoms with Crippen LogP contribution in [0.1, 0.15) is 23.1 Å². The van der Waals surface area contributed by atoms with Gasteiger partial charge in [0.25, 0.3) is 0 Å². The number of para-hydroxylation sites is 2. The molecule has 0 aliphatic rings. The van der Waals surface area contributed by atoms with Gasteiger partial charge in [0, 0.05) is 42.0 Å². The third-order valence-corrected chi connectivity index (χ3v) is 5.85. The molecule has 0 bridgehead atoms. The van der Waals surface area contributed by atoms with Gasteiger partial charge in [-0.3, -0.25) is 0 Å². The summed E-state index contributed by atoms with van der Waals surface area (Å²) in [4.78, 5) is 11.7. The third kappa shape index (κ3) is 3.77. The van der Waals surface area contributed by atoms with E-state index in [2.05, 4.69) is 15.0 Å². The minimum Gasteiger partial charge on any atom is -0.493 e.